The number of aliphatic carboxylic acids is 1. The number of hydrogen-bond acceptors (Lipinski definition) is 3. The van der Waals surface area contributed by atoms with Crippen molar-refractivity contribution in [2.45, 2.75) is 32.4 Å². The molecule has 0 radical (unpaired) electrons. The maximum absolute atomic E-state index is 10.5. The first-order valence-electron chi connectivity index (χ1n) is 4.14. The van der Waals surface area contributed by atoms with Crippen molar-refractivity contribution < 1.29 is 9.90 Å². The molecule has 0 rings (SSSR count). The van der Waals surface area contributed by atoms with Crippen molar-refractivity contribution >= 4 is 5.97 Å². The molecular formula is C8H18N2O2. The van der Waals surface area contributed by atoms with E-state index in [1.54, 1.807) is 7.05 Å². The van der Waals surface area contributed by atoms with Crippen LogP contribution in [0, 0.1) is 5.92 Å². The van der Waals surface area contributed by atoms with E-state index in [-0.39, 0.29) is 6.04 Å². The molecule has 0 bridgehead atoms. The van der Waals surface area contributed by atoms with Crippen LogP contribution in [0.5, 0.6) is 0 Å². The molecule has 0 aliphatic carbocycles. The SMILES string of the molecule is CNC(CC(C)C)C(N)C(=O)O. The molecule has 4 N–H and O–H groups in total. The molecule has 4 heteroatoms. The normalized spacial score (nSPS) is 16.1. The lowest BCUT2D eigenvalue weighted by Gasteiger charge is -2.21. The molecule has 0 heterocycles. The minimum absolute atomic E-state index is 0.137. The van der Waals surface area contributed by atoms with Gasteiger partial charge >= 0.3 is 5.97 Å². The predicted octanol–water partition coefficient (Wildman–Crippen LogP) is 0.0324. The Balaban J connectivity index is 4.05. The van der Waals surface area contributed by atoms with Gasteiger partial charge in [0.25, 0.3) is 0 Å². The van der Waals surface area contributed by atoms with E-state index >= 15 is 0 Å². The van der Waals surface area contributed by atoms with E-state index < -0.39 is 12.0 Å². The van der Waals surface area contributed by atoms with Crippen LogP contribution in [0.3, 0.4) is 0 Å². The summed E-state index contributed by atoms with van der Waals surface area (Å²) in [5.74, 6) is -0.497. The quantitative estimate of drug-likeness (QED) is 0.550. The number of nitrogens with one attached hydrogen (secondary N) is 1. The van der Waals surface area contributed by atoms with Crippen LogP contribution in [0.1, 0.15) is 20.3 Å². The lowest BCUT2D eigenvalue weighted by Crippen LogP contribution is -2.49. The lowest BCUT2D eigenvalue weighted by atomic mass is 9.98. The van der Waals surface area contributed by atoms with Crippen LogP contribution in [-0.4, -0.2) is 30.2 Å². The molecule has 0 aromatic heterocycles. The number of carbonyl (C=O) groups is 1. The third-order valence-electron chi connectivity index (χ3n) is 1.81. The molecule has 2 atom stereocenters. The van der Waals surface area contributed by atoms with Gasteiger partial charge in [0, 0.05) is 6.04 Å². The maximum atomic E-state index is 10.5. The lowest BCUT2D eigenvalue weighted by molar-refractivity contribution is -0.139. The summed E-state index contributed by atoms with van der Waals surface area (Å²) >= 11 is 0. The van der Waals surface area contributed by atoms with Crippen LogP contribution in [0.25, 0.3) is 0 Å². The van der Waals surface area contributed by atoms with Crippen LogP contribution in [0.15, 0.2) is 0 Å². The van der Waals surface area contributed by atoms with Crippen LogP contribution in [-0.2, 0) is 4.79 Å². The van der Waals surface area contributed by atoms with Crippen molar-refractivity contribution in [3.63, 3.8) is 0 Å². The van der Waals surface area contributed by atoms with E-state index in [0.29, 0.717) is 5.92 Å². The molecule has 0 aliphatic rings. The average molecular weight is 174 g/mol. The Labute approximate surface area is 73.1 Å². The fourth-order valence-corrected chi connectivity index (χ4v) is 1.12. The minimum atomic E-state index is -0.949. The topological polar surface area (TPSA) is 75.3 Å². The Bertz CT molecular complexity index is 148. The first-order valence-corrected chi connectivity index (χ1v) is 4.14. The first kappa shape index (κ1) is 11.4. The highest BCUT2D eigenvalue weighted by molar-refractivity contribution is 5.74. The summed E-state index contributed by atoms with van der Waals surface area (Å²) in [6.45, 7) is 4.08. The van der Waals surface area contributed by atoms with Crippen molar-refractivity contribution in [3.8, 4) is 0 Å². The minimum Gasteiger partial charge on any atom is -0.480 e. The molecule has 0 saturated carbocycles. The van der Waals surface area contributed by atoms with Gasteiger partial charge in [-0.25, -0.2) is 0 Å². The van der Waals surface area contributed by atoms with Gasteiger partial charge in [-0.15, -0.1) is 0 Å². The van der Waals surface area contributed by atoms with Gasteiger partial charge in [-0.2, -0.15) is 0 Å². The fourth-order valence-electron chi connectivity index (χ4n) is 1.12. The monoisotopic (exact) mass is 174 g/mol. The molecule has 0 aromatic rings. The van der Waals surface area contributed by atoms with Crippen LogP contribution in [0.2, 0.25) is 0 Å². The molecular weight excluding hydrogens is 156 g/mol. The second-order valence-corrected chi connectivity index (χ2v) is 3.39. The zero-order chi connectivity index (χ0) is 9.72. The number of nitrogens with two attached hydrogens (primary N) is 1. The molecule has 4 nitrogen and oxygen atoms in total. The number of carboxylic acid groups (broad SMARTS) is 1. The van der Waals surface area contributed by atoms with Crippen molar-refractivity contribution in [1.82, 2.24) is 5.32 Å². The van der Waals surface area contributed by atoms with Gasteiger partial charge in [-0.05, 0) is 19.4 Å². The third kappa shape index (κ3) is 3.69. The first-order chi connectivity index (χ1) is 5.49. The molecule has 72 valence electrons. The molecule has 0 aliphatic heterocycles. The highest BCUT2D eigenvalue weighted by Gasteiger charge is 2.22. The summed E-state index contributed by atoms with van der Waals surface area (Å²) in [5, 5.41) is 11.5. The predicted molar refractivity (Wildman–Crippen MR) is 47.9 cm³/mol. The molecule has 0 saturated heterocycles. The fraction of sp³-hybridized carbons (Fsp3) is 0.875. The van der Waals surface area contributed by atoms with Gasteiger partial charge in [0.15, 0.2) is 0 Å². The Morgan fingerprint density at radius 2 is 2.08 bits per heavy atom. The molecule has 0 fully saturated rings. The van der Waals surface area contributed by atoms with Crippen molar-refractivity contribution in [2.75, 3.05) is 7.05 Å². The largest absolute Gasteiger partial charge is 0.480 e. The third-order valence-corrected chi connectivity index (χ3v) is 1.81. The number of hydrogen-bond donors (Lipinski definition) is 3. The van der Waals surface area contributed by atoms with Crippen molar-refractivity contribution in [2.24, 2.45) is 11.7 Å². The summed E-state index contributed by atoms with van der Waals surface area (Å²) in [4.78, 5) is 10.5. The molecule has 0 spiro atoms. The van der Waals surface area contributed by atoms with Crippen molar-refractivity contribution in [1.29, 1.82) is 0 Å². The summed E-state index contributed by atoms with van der Waals surface area (Å²) in [5.41, 5.74) is 5.46. The average Bonchev–Trinajstić information content (AvgIpc) is 1.98. The van der Waals surface area contributed by atoms with E-state index in [1.165, 1.54) is 0 Å². The Kier molecular flexibility index (Phi) is 4.85. The zero-order valence-electron chi connectivity index (χ0n) is 7.87. The summed E-state index contributed by atoms with van der Waals surface area (Å²) < 4.78 is 0. The second-order valence-electron chi connectivity index (χ2n) is 3.39. The van der Waals surface area contributed by atoms with Gasteiger partial charge in [0.05, 0.1) is 0 Å². The molecule has 2 unspecified atom stereocenters. The molecule has 12 heavy (non-hydrogen) atoms. The molecule has 0 amide bonds. The Hall–Kier alpha value is -0.610. The van der Waals surface area contributed by atoms with Crippen LogP contribution >= 0.6 is 0 Å². The smallest absolute Gasteiger partial charge is 0.322 e. The van der Waals surface area contributed by atoms with Gasteiger partial charge in [0.2, 0.25) is 0 Å². The Morgan fingerprint density at radius 3 is 2.33 bits per heavy atom. The van der Waals surface area contributed by atoms with E-state index in [2.05, 4.69) is 5.32 Å². The van der Waals surface area contributed by atoms with Gasteiger partial charge < -0.3 is 16.2 Å². The van der Waals surface area contributed by atoms with E-state index in [4.69, 9.17) is 10.8 Å². The zero-order valence-corrected chi connectivity index (χ0v) is 7.87. The maximum Gasteiger partial charge on any atom is 0.322 e. The second kappa shape index (κ2) is 5.11. The number of rotatable bonds is 5. The van der Waals surface area contributed by atoms with E-state index in [1.807, 2.05) is 13.8 Å². The summed E-state index contributed by atoms with van der Waals surface area (Å²) in [6.07, 6.45) is 0.782. The van der Waals surface area contributed by atoms with Gasteiger partial charge in [0.1, 0.15) is 6.04 Å². The number of carboxylic acids is 1. The highest BCUT2D eigenvalue weighted by atomic mass is 16.4. The summed E-state index contributed by atoms with van der Waals surface area (Å²) in [7, 11) is 1.73. The van der Waals surface area contributed by atoms with Crippen LogP contribution in [0.4, 0.5) is 0 Å². The van der Waals surface area contributed by atoms with Gasteiger partial charge in [-0.1, -0.05) is 13.8 Å². The highest BCUT2D eigenvalue weighted by Crippen LogP contribution is 2.06. The number of likely N-dealkylation sites (N-methyl/N-ethyl adjacent to an activating group) is 1. The van der Waals surface area contributed by atoms with E-state index in [0.717, 1.165) is 6.42 Å². The standard InChI is InChI=1S/C8H18N2O2/c1-5(2)4-6(10-3)7(9)8(11)12/h5-7,10H,4,9H2,1-3H3,(H,11,12). The summed E-state index contributed by atoms with van der Waals surface area (Å²) in [6, 6.07) is -0.945. The van der Waals surface area contributed by atoms with Gasteiger partial charge in [-0.3, -0.25) is 4.79 Å². The van der Waals surface area contributed by atoms with Crippen molar-refractivity contribution in [3.05, 3.63) is 0 Å². The Morgan fingerprint density at radius 1 is 1.58 bits per heavy atom. The van der Waals surface area contributed by atoms with E-state index in [9.17, 15) is 4.79 Å². The van der Waals surface area contributed by atoms with Crippen LogP contribution < -0.4 is 11.1 Å². The molecule has 0 aromatic carbocycles.